The highest BCUT2D eigenvalue weighted by atomic mass is 16.4. The Morgan fingerprint density at radius 2 is 2.00 bits per heavy atom. The van der Waals surface area contributed by atoms with Crippen molar-refractivity contribution >= 4 is 5.97 Å². The number of hydrogen-bond acceptors (Lipinski definition) is 1. The van der Waals surface area contributed by atoms with Crippen molar-refractivity contribution in [1.29, 1.82) is 0 Å². The first kappa shape index (κ1) is 13.4. The van der Waals surface area contributed by atoms with Crippen LogP contribution in [0.4, 0.5) is 0 Å². The van der Waals surface area contributed by atoms with Gasteiger partial charge in [-0.15, -0.1) is 0 Å². The average Bonchev–Trinajstić information content (AvgIpc) is 2.83. The van der Waals surface area contributed by atoms with Gasteiger partial charge in [0.05, 0.1) is 0 Å². The molecule has 0 saturated carbocycles. The summed E-state index contributed by atoms with van der Waals surface area (Å²) in [4.78, 5) is 11.2. The normalized spacial score (nSPS) is 10.6. The molecule has 0 saturated heterocycles. The van der Waals surface area contributed by atoms with Gasteiger partial charge in [0.15, 0.2) is 0 Å². The number of aromatic nitrogens is 1. The lowest BCUT2D eigenvalue weighted by Crippen LogP contribution is -2.09. The Kier molecular flexibility index (Phi) is 4.05. The molecule has 2 rings (SSSR count). The summed E-state index contributed by atoms with van der Waals surface area (Å²) in [6.45, 7) is 4.89. The lowest BCUT2D eigenvalue weighted by atomic mass is 10.1. The molecule has 0 spiro atoms. The van der Waals surface area contributed by atoms with Crippen LogP contribution in [0.1, 0.15) is 36.3 Å². The number of carbonyl (C=O) groups is 1. The van der Waals surface area contributed by atoms with E-state index in [1.54, 1.807) is 6.07 Å². The van der Waals surface area contributed by atoms with Crippen molar-refractivity contribution in [3.63, 3.8) is 0 Å². The third kappa shape index (κ3) is 2.70. The van der Waals surface area contributed by atoms with E-state index in [1.165, 1.54) is 5.56 Å². The highest BCUT2D eigenvalue weighted by Crippen LogP contribution is 2.24. The molecule has 0 amide bonds. The van der Waals surface area contributed by atoms with Crippen molar-refractivity contribution in [3.05, 3.63) is 47.7 Å². The summed E-state index contributed by atoms with van der Waals surface area (Å²) < 4.78 is 1.89. The van der Waals surface area contributed by atoms with Crippen LogP contribution in [0.15, 0.2) is 36.4 Å². The van der Waals surface area contributed by atoms with E-state index in [0.717, 1.165) is 30.6 Å². The van der Waals surface area contributed by atoms with Crippen LogP contribution in [-0.4, -0.2) is 15.6 Å². The molecule has 0 aliphatic carbocycles. The van der Waals surface area contributed by atoms with Crippen LogP contribution in [0.2, 0.25) is 0 Å². The molecule has 1 aromatic heterocycles. The van der Waals surface area contributed by atoms with Crippen LogP contribution in [0.5, 0.6) is 0 Å². The van der Waals surface area contributed by atoms with Gasteiger partial charge in [-0.3, -0.25) is 0 Å². The maximum atomic E-state index is 11.2. The molecule has 0 radical (unpaired) electrons. The van der Waals surface area contributed by atoms with E-state index in [0.29, 0.717) is 5.69 Å². The van der Waals surface area contributed by atoms with E-state index in [2.05, 4.69) is 26.0 Å². The van der Waals surface area contributed by atoms with Crippen LogP contribution in [-0.2, 0) is 13.0 Å². The minimum atomic E-state index is -0.869. The first-order valence-electron chi connectivity index (χ1n) is 6.69. The third-order valence-corrected chi connectivity index (χ3v) is 3.28. The summed E-state index contributed by atoms with van der Waals surface area (Å²) in [6.07, 6.45) is 1.89. The van der Waals surface area contributed by atoms with Crippen molar-refractivity contribution in [2.45, 2.75) is 33.2 Å². The molecule has 1 N–H and O–H groups in total. The Hall–Kier alpha value is -2.03. The molecule has 100 valence electrons. The molecule has 0 aliphatic heterocycles. The predicted molar refractivity (Wildman–Crippen MR) is 76.5 cm³/mol. The molecular weight excluding hydrogens is 238 g/mol. The van der Waals surface area contributed by atoms with Gasteiger partial charge in [0.1, 0.15) is 5.69 Å². The summed E-state index contributed by atoms with van der Waals surface area (Å²) in [5.41, 5.74) is 3.69. The molecule has 2 aromatic rings. The first-order valence-corrected chi connectivity index (χ1v) is 6.69. The van der Waals surface area contributed by atoms with Crippen LogP contribution in [0, 0.1) is 0 Å². The highest BCUT2D eigenvalue weighted by molar-refractivity contribution is 5.87. The number of carboxylic acid groups (broad SMARTS) is 1. The van der Waals surface area contributed by atoms with Crippen molar-refractivity contribution in [2.24, 2.45) is 0 Å². The lowest BCUT2D eigenvalue weighted by Gasteiger charge is -2.11. The third-order valence-electron chi connectivity index (χ3n) is 3.28. The van der Waals surface area contributed by atoms with Gasteiger partial charge in [-0.25, -0.2) is 4.79 Å². The zero-order valence-electron chi connectivity index (χ0n) is 11.4. The number of rotatable bonds is 5. The van der Waals surface area contributed by atoms with Crippen LogP contribution >= 0.6 is 0 Å². The van der Waals surface area contributed by atoms with Crippen molar-refractivity contribution in [3.8, 4) is 11.3 Å². The van der Waals surface area contributed by atoms with Gasteiger partial charge in [-0.05, 0) is 42.2 Å². The maximum Gasteiger partial charge on any atom is 0.352 e. The Balaban J connectivity index is 2.51. The summed E-state index contributed by atoms with van der Waals surface area (Å²) in [6, 6.07) is 11.9. The zero-order valence-corrected chi connectivity index (χ0v) is 11.4. The van der Waals surface area contributed by atoms with Gasteiger partial charge in [0.2, 0.25) is 0 Å². The summed E-state index contributed by atoms with van der Waals surface area (Å²) in [7, 11) is 0. The molecule has 0 bridgehead atoms. The summed E-state index contributed by atoms with van der Waals surface area (Å²) >= 11 is 0. The minimum absolute atomic E-state index is 0.360. The number of aromatic carboxylic acids is 1. The molecule has 1 aromatic carbocycles. The van der Waals surface area contributed by atoms with Crippen molar-refractivity contribution in [1.82, 2.24) is 4.57 Å². The molecule has 0 unspecified atom stereocenters. The van der Waals surface area contributed by atoms with Gasteiger partial charge < -0.3 is 9.67 Å². The SMILES string of the molecule is CCCn1c(C(=O)O)ccc1-c1cccc(CC)c1. The van der Waals surface area contributed by atoms with Crippen LogP contribution in [0.3, 0.4) is 0 Å². The van der Waals surface area contributed by atoms with E-state index in [-0.39, 0.29) is 0 Å². The molecule has 0 aliphatic rings. The Morgan fingerprint density at radius 3 is 2.63 bits per heavy atom. The van der Waals surface area contributed by atoms with Gasteiger partial charge in [0, 0.05) is 12.2 Å². The smallest absolute Gasteiger partial charge is 0.352 e. The second kappa shape index (κ2) is 5.74. The monoisotopic (exact) mass is 257 g/mol. The number of benzene rings is 1. The molecule has 0 atom stereocenters. The lowest BCUT2D eigenvalue weighted by molar-refractivity contribution is 0.0685. The Bertz CT molecular complexity index is 584. The molecule has 1 heterocycles. The maximum absolute atomic E-state index is 11.2. The number of nitrogens with zero attached hydrogens (tertiary/aromatic N) is 1. The molecule has 3 nitrogen and oxygen atoms in total. The Labute approximate surface area is 113 Å². The largest absolute Gasteiger partial charge is 0.477 e. The first-order chi connectivity index (χ1) is 9.17. The van der Waals surface area contributed by atoms with E-state index in [9.17, 15) is 9.90 Å². The highest BCUT2D eigenvalue weighted by Gasteiger charge is 2.14. The van der Waals surface area contributed by atoms with E-state index in [4.69, 9.17) is 0 Å². The van der Waals surface area contributed by atoms with Gasteiger partial charge in [-0.1, -0.05) is 32.0 Å². The van der Waals surface area contributed by atoms with Gasteiger partial charge in [0.25, 0.3) is 0 Å². The fraction of sp³-hybridized carbons (Fsp3) is 0.312. The molecular formula is C16H19NO2. The molecule has 0 fully saturated rings. The van der Waals surface area contributed by atoms with Crippen molar-refractivity contribution < 1.29 is 9.90 Å². The molecule has 19 heavy (non-hydrogen) atoms. The van der Waals surface area contributed by atoms with E-state index < -0.39 is 5.97 Å². The quantitative estimate of drug-likeness (QED) is 0.884. The standard InChI is InChI=1S/C16H19NO2/c1-3-10-17-14(8-9-15(17)16(18)19)13-7-5-6-12(4-2)11-13/h5-9,11H,3-4,10H2,1-2H3,(H,18,19). The fourth-order valence-corrected chi connectivity index (χ4v) is 2.32. The zero-order chi connectivity index (χ0) is 13.8. The van der Waals surface area contributed by atoms with Gasteiger partial charge >= 0.3 is 5.97 Å². The summed E-state index contributed by atoms with van der Waals surface area (Å²) in [5, 5.41) is 9.23. The fourth-order valence-electron chi connectivity index (χ4n) is 2.32. The molecule has 3 heteroatoms. The van der Waals surface area contributed by atoms with Crippen LogP contribution in [0.25, 0.3) is 11.3 Å². The van der Waals surface area contributed by atoms with E-state index >= 15 is 0 Å². The average molecular weight is 257 g/mol. The second-order valence-corrected chi connectivity index (χ2v) is 4.61. The van der Waals surface area contributed by atoms with Crippen molar-refractivity contribution in [2.75, 3.05) is 0 Å². The number of carboxylic acids is 1. The number of hydrogen-bond donors (Lipinski definition) is 1. The predicted octanol–water partition coefficient (Wildman–Crippen LogP) is 3.83. The minimum Gasteiger partial charge on any atom is -0.477 e. The van der Waals surface area contributed by atoms with Crippen LogP contribution < -0.4 is 0 Å². The van der Waals surface area contributed by atoms with Gasteiger partial charge in [-0.2, -0.15) is 0 Å². The topological polar surface area (TPSA) is 42.2 Å². The Morgan fingerprint density at radius 1 is 1.21 bits per heavy atom. The number of aryl methyl sites for hydroxylation is 1. The summed E-state index contributed by atoms with van der Waals surface area (Å²) in [5.74, 6) is -0.869. The van der Waals surface area contributed by atoms with E-state index in [1.807, 2.05) is 22.8 Å². The second-order valence-electron chi connectivity index (χ2n) is 4.61.